The molecule has 3 nitrogen and oxygen atoms in total. The Hall–Kier alpha value is -0.900. The summed E-state index contributed by atoms with van der Waals surface area (Å²) in [7, 11) is 1.63. The molecule has 0 saturated heterocycles. The summed E-state index contributed by atoms with van der Waals surface area (Å²) in [5.74, 6) is 0.0386. The third kappa shape index (κ3) is 6.19. The van der Waals surface area contributed by atoms with Crippen LogP contribution in [0.5, 0.6) is 0 Å². The molecule has 1 heterocycles. The van der Waals surface area contributed by atoms with Crippen LogP contribution in [-0.4, -0.2) is 37.6 Å². The third-order valence-corrected chi connectivity index (χ3v) is 3.23. The molecule has 0 bridgehead atoms. The van der Waals surface area contributed by atoms with Gasteiger partial charge in [0.15, 0.2) is 0 Å². The minimum atomic E-state index is -0.533. The van der Waals surface area contributed by atoms with E-state index in [1.807, 2.05) is 19.9 Å². The summed E-state index contributed by atoms with van der Waals surface area (Å²) in [6.07, 6.45) is 11.4. The van der Waals surface area contributed by atoms with Crippen LogP contribution in [0.25, 0.3) is 0 Å². The molecule has 0 fully saturated rings. The SMILES string of the molecule is CO[C@H]1/C=C/CC/C=C/COC/C(C)=C\[C@@H](C)[C@@H]1O. The average Bonchev–Trinajstić information content (AvgIpc) is 2.39. The molecule has 0 aromatic heterocycles. The van der Waals surface area contributed by atoms with Crippen LogP contribution in [0.4, 0.5) is 0 Å². The summed E-state index contributed by atoms with van der Waals surface area (Å²) in [6, 6.07) is 0. The van der Waals surface area contributed by atoms with Crippen molar-refractivity contribution in [2.75, 3.05) is 20.3 Å². The van der Waals surface area contributed by atoms with Gasteiger partial charge >= 0.3 is 0 Å². The summed E-state index contributed by atoms with van der Waals surface area (Å²) in [6.45, 7) is 5.28. The molecule has 0 aromatic carbocycles. The normalized spacial score (nSPS) is 36.8. The molecule has 19 heavy (non-hydrogen) atoms. The third-order valence-electron chi connectivity index (χ3n) is 3.23. The van der Waals surface area contributed by atoms with E-state index in [0.29, 0.717) is 13.2 Å². The predicted octanol–water partition coefficient (Wildman–Crippen LogP) is 2.87. The molecule has 0 radical (unpaired) electrons. The van der Waals surface area contributed by atoms with E-state index in [4.69, 9.17) is 9.47 Å². The van der Waals surface area contributed by atoms with E-state index >= 15 is 0 Å². The van der Waals surface area contributed by atoms with Crippen molar-refractivity contribution in [3.63, 3.8) is 0 Å². The van der Waals surface area contributed by atoms with Gasteiger partial charge in [0.2, 0.25) is 0 Å². The zero-order chi connectivity index (χ0) is 14.1. The van der Waals surface area contributed by atoms with Gasteiger partial charge in [0, 0.05) is 13.0 Å². The second-order valence-electron chi connectivity index (χ2n) is 5.06. The zero-order valence-electron chi connectivity index (χ0n) is 12.2. The molecule has 3 atom stereocenters. The van der Waals surface area contributed by atoms with Crippen molar-refractivity contribution in [3.8, 4) is 0 Å². The summed E-state index contributed by atoms with van der Waals surface area (Å²) < 4.78 is 10.9. The minimum absolute atomic E-state index is 0.0386. The van der Waals surface area contributed by atoms with Crippen molar-refractivity contribution in [1.82, 2.24) is 0 Å². The highest BCUT2D eigenvalue weighted by molar-refractivity contribution is 5.06. The molecule has 108 valence electrons. The second-order valence-corrected chi connectivity index (χ2v) is 5.06. The van der Waals surface area contributed by atoms with E-state index in [0.717, 1.165) is 18.4 Å². The van der Waals surface area contributed by atoms with E-state index in [1.165, 1.54) is 0 Å². The van der Waals surface area contributed by atoms with Gasteiger partial charge in [0.25, 0.3) is 0 Å². The number of allylic oxidation sites excluding steroid dienone is 2. The molecule has 1 aliphatic heterocycles. The van der Waals surface area contributed by atoms with E-state index in [-0.39, 0.29) is 12.0 Å². The fraction of sp³-hybridized carbons (Fsp3) is 0.625. The number of ether oxygens (including phenoxy) is 2. The van der Waals surface area contributed by atoms with Gasteiger partial charge in [-0.3, -0.25) is 0 Å². The fourth-order valence-corrected chi connectivity index (χ4v) is 2.12. The first kappa shape index (κ1) is 16.2. The number of hydrogen-bond donors (Lipinski definition) is 1. The summed E-state index contributed by atoms with van der Waals surface area (Å²) in [5.41, 5.74) is 1.14. The van der Waals surface area contributed by atoms with Crippen molar-refractivity contribution in [2.24, 2.45) is 5.92 Å². The molecule has 0 amide bonds. The maximum atomic E-state index is 10.3. The Labute approximate surface area is 116 Å². The molecule has 3 heteroatoms. The Balaban J connectivity index is 2.77. The van der Waals surface area contributed by atoms with Crippen LogP contribution in [0.3, 0.4) is 0 Å². The molecule has 0 aromatic rings. The Morgan fingerprint density at radius 2 is 2.00 bits per heavy atom. The minimum Gasteiger partial charge on any atom is -0.389 e. The van der Waals surface area contributed by atoms with Crippen LogP contribution in [0, 0.1) is 5.92 Å². The van der Waals surface area contributed by atoms with E-state index < -0.39 is 6.10 Å². The molecule has 0 aliphatic carbocycles. The fourth-order valence-electron chi connectivity index (χ4n) is 2.12. The lowest BCUT2D eigenvalue weighted by atomic mass is 9.96. The quantitative estimate of drug-likeness (QED) is 0.742. The summed E-state index contributed by atoms with van der Waals surface area (Å²) in [4.78, 5) is 0. The van der Waals surface area contributed by atoms with Crippen molar-refractivity contribution in [3.05, 3.63) is 36.0 Å². The largest absolute Gasteiger partial charge is 0.389 e. The molecular formula is C16H26O3. The van der Waals surface area contributed by atoms with E-state index in [1.54, 1.807) is 7.11 Å². The molecule has 0 unspecified atom stereocenters. The zero-order valence-corrected chi connectivity index (χ0v) is 12.2. The first-order valence-electron chi connectivity index (χ1n) is 6.92. The predicted molar refractivity (Wildman–Crippen MR) is 78.1 cm³/mol. The summed E-state index contributed by atoms with van der Waals surface area (Å²) in [5, 5.41) is 10.3. The van der Waals surface area contributed by atoms with Gasteiger partial charge in [-0.25, -0.2) is 0 Å². The van der Waals surface area contributed by atoms with Gasteiger partial charge in [-0.15, -0.1) is 0 Å². The van der Waals surface area contributed by atoms with E-state index in [9.17, 15) is 5.11 Å². The van der Waals surface area contributed by atoms with Gasteiger partial charge in [-0.2, -0.15) is 0 Å². The van der Waals surface area contributed by atoms with Crippen molar-refractivity contribution >= 4 is 0 Å². The molecule has 1 N–H and O–H groups in total. The van der Waals surface area contributed by atoms with Crippen LogP contribution in [0.2, 0.25) is 0 Å². The maximum Gasteiger partial charge on any atom is 0.102 e. The number of aliphatic hydroxyl groups is 1. The van der Waals surface area contributed by atoms with Crippen molar-refractivity contribution in [1.29, 1.82) is 0 Å². The molecule has 0 saturated carbocycles. The maximum absolute atomic E-state index is 10.3. The Morgan fingerprint density at radius 1 is 1.26 bits per heavy atom. The lowest BCUT2D eigenvalue weighted by molar-refractivity contribution is -0.00198. The van der Waals surface area contributed by atoms with Crippen LogP contribution in [0.1, 0.15) is 26.7 Å². The molecule has 0 spiro atoms. The first-order valence-corrected chi connectivity index (χ1v) is 6.92. The molecule has 1 aliphatic rings. The highest BCUT2D eigenvalue weighted by atomic mass is 16.5. The molecular weight excluding hydrogens is 240 g/mol. The lowest BCUT2D eigenvalue weighted by Gasteiger charge is -2.23. The monoisotopic (exact) mass is 266 g/mol. The highest BCUT2D eigenvalue weighted by Crippen LogP contribution is 2.15. The Bertz CT molecular complexity index is 331. The van der Waals surface area contributed by atoms with Crippen LogP contribution in [0.15, 0.2) is 36.0 Å². The van der Waals surface area contributed by atoms with Crippen molar-refractivity contribution < 1.29 is 14.6 Å². The topological polar surface area (TPSA) is 38.7 Å². The average molecular weight is 266 g/mol. The van der Waals surface area contributed by atoms with Gasteiger partial charge in [0.05, 0.1) is 19.3 Å². The van der Waals surface area contributed by atoms with Crippen LogP contribution in [-0.2, 0) is 9.47 Å². The van der Waals surface area contributed by atoms with E-state index in [2.05, 4.69) is 24.3 Å². The number of methoxy groups -OCH3 is 1. The van der Waals surface area contributed by atoms with Gasteiger partial charge < -0.3 is 14.6 Å². The summed E-state index contributed by atoms with van der Waals surface area (Å²) >= 11 is 0. The Kier molecular flexibility index (Phi) is 7.72. The number of hydrogen-bond acceptors (Lipinski definition) is 3. The number of rotatable bonds is 1. The van der Waals surface area contributed by atoms with Gasteiger partial charge in [0.1, 0.15) is 6.10 Å². The van der Waals surface area contributed by atoms with Crippen LogP contribution < -0.4 is 0 Å². The van der Waals surface area contributed by atoms with Crippen molar-refractivity contribution in [2.45, 2.75) is 38.9 Å². The number of aliphatic hydroxyl groups excluding tert-OH is 1. The standard InChI is InChI=1S/C16H26O3/c1-13-11-14(2)16(17)15(18-3)9-7-5-4-6-8-10-19-12-13/h6-9,11,14-17H,4-5,10,12H2,1-3H3/b8-6+,9-7+,13-11-/t14-,15+,16+/m1/s1. The van der Waals surface area contributed by atoms with Crippen LogP contribution >= 0.6 is 0 Å². The lowest BCUT2D eigenvalue weighted by Crippen LogP contribution is -2.31. The molecule has 1 rings (SSSR count). The first-order chi connectivity index (χ1) is 9.15. The second kappa shape index (κ2) is 9.08. The Morgan fingerprint density at radius 3 is 2.74 bits per heavy atom. The smallest absolute Gasteiger partial charge is 0.102 e. The van der Waals surface area contributed by atoms with Gasteiger partial charge in [-0.1, -0.05) is 42.9 Å². The highest BCUT2D eigenvalue weighted by Gasteiger charge is 2.21. The van der Waals surface area contributed by atoms with Gasteiger partial charge in [-0.05, 0) is 19.8 Å².